The fourth-order valence-electron chi connectivity index (χ4n) is 1.84. The molecule has 0 aliphatic rings. The van der Waals surface area contributed by atoms with Crippen molar-refractivity contribution in [2.75, 3.05) is 18.4 Å². The number of nitrogens with one attached hydrogen (secondary N) is 2. The average molecular weight is 272 g/mol. The van der Waals surface area contributed by atoms with Crippen molar-refractivity contribution in [2.24, 2.45) is 0 Å². The van der Waals surface area contributed by atoms with Crippen LogP contribution in [0.1, 0.15) is 12.0 Å². The van der Waals surface area contributed by atoms with E-state index in [1.54, 1.807) is 6.20 Å². The Kier molecular flexibility index (Phi) is 5.32. The summed E-state index contributed by atoms with van der Waals surface area (Å²) in [5, 5.41) is 10.1. The maximum atomic E-state index is 11.7. The molecule has 0 saturated carbocycles. The summed E-state index contributed by atoms with van der Waals surface area (Å²) in [6.07, 6.45) is 4.64. The topological polar surface area (TPSA) is 59.0 Å². The second-order valence-corrected chi connectivity index (χ2v) is 4.71. The SMILES string of the molecule is Cc1ccc(NC(=O)CNCCCn2cccn2)cc1. The highest BCUT2D eigenvalue weighted by Crippen LogP contribution is 2.07. The quantitative estimate of drug-likeness (QED) is 0.756. The zero-order valence-electron chi connectivity index (χ0n) is 11.7. The first-order valence-corrected chi connectivity index (χ1v) is 6.79. The molecular weight excluding hydrogens is 252 g/mol. The fourth-order valence-corrected chi connectivity index (χ4v) is 1.84. The van der Waals surface area contributed by atoms with Gasteiger partial charge in [0.1, 0.15) is 0 Å². The van der Waals surface area contributed by atoms with E-state index in [1.165, 1.54) is 5.56 Å². The predicted molar refractivity (Wildman–Crippen MR) is 79.5 cm³/mol. The molecule has 0 atom stereocenters. The molecule has 0 radical (unpaired) electrons. The van der Waals surface area contributed by atoms with Crippen LogP contribution in [0, 0.1) is 6.92 Å². The number of aryl methyl sites for hydroxylation is 2. The summed E-state index contributed by atoms with van der Waals surface area (Å²) in [6, 6.07) is 9.68. The summed E-state index contributed by atoms with van der Waals surface area (Å²) in [4.78, 5) is 11.7. The van der Waals surface area contributed by atoms with E-state index in [2.05, 4.69) is 15.7 Å². The summed E-state index contributed by atoms with van der Waals surface area (Å²) in [7, 11) is 0. The van der Waals surface area contributed by atoms with E-state index in [0.29, 0.717) is 6.54 Å². The van der Waals surface area contributed by atoms with E-state index in [4.69, 9.17) is 0 Å². The Morgan fingerprint density at radius 3 is 2.80 bits per heavy atom. The Hall–Kier alpha value is -2.14. The molecule has 0 aliphatic heterocycles. The summed E-state index contributed by atoms with van der Waals surface area (Å²) < 4.78 is 1.88. The van der Waals surface area contributed by atoms with E-state index in [-0.39, 0.29) is 5.91 Å². The minimum Gasteiger partial charge on any atom is -0.325 e. The van der Waals surface area contributed by atoms with Gasteiger partial charge in [-0.25, -0.2) is 0 Å². The minimum atomic E-state index is -0.0204. The lowest BCUT2D eigenvalue weighted by Gasteiger charge is -2.07. The molecule has 2 aromatic rings. The van der Waals surface area contributed by atoms with Gasteiger partial charge in [-0.3, -0.25) is 9.48 Å². The molecule has 0 unspecified atom stereocenters. The molecule has 106 valence electrons. The van der Waals surface area contributed by atoms with Crippen molar-refractivity contribution in [3.63, 3.8) is 0 Å². The third-order valence-electron chi connectivity index (χ3n) is 2.92. The number of carbonyl (C=O) groups is 1. The van der Waals surface area contributed by atoms with Crippen LogP contribution in [0.4, 0.5) is 5.69 Å². The van der Waals surface area contributed by atoms with Gasteiger partial charge in [-0.2, -0.15) is 5.10 Å². The first kappa shape index (κ1) is 14.3. The molecule has 0 aliphatic carbocycles. The Bertz CT molecular complexity index is 519. The van der Waals surface area contributed by atoms with Gasteiger partial charge in [-0.05, 0) is 38.1 Å². The first-order chi connectivity index (χ1) is 9.74. The molecule has 2 N–H and O–H groups in total. The van der Waals surface area contributed by atoms with E-state index in [0.717, 1.165) is 25.2 Å². The second kappa shape index (κ2) is 7.45. The van der Waals surface area contributed by atoms with Crippen LogP contribution < -0.4 is 10.6 Å². The summed E-state index contributed by atoms with van der Waals surface area (Å²) >= 11 is 0. The predicted octanol–water partition coefficient (Wildman–Crippen LogP) is 1.81. The highest BCUT2D eigenvalue weighted by molar-refractivity contribution is 5.92. The molecule has 1 aromatic carbocycles. The van der Waals surface area contributed by atoms with Crippen LogP contribution in [0.25, 0.3) is 0 Å². The number of hydrogen-bond acceptors (Lipinski definition) is 3. The number of rotatable bonds is 7. The van der Waals surface area contributed by atoms with Gasteiger partial charge in [0.25, 0.3) is 0 Å². The van der Waals surface area contributed by atoms with Gasteiger partial charge in [0.15, 0.2) is 0 Å². The van der Waals surface area contributed by atoms with Crippen LogP contribution in [-0.4, -0.2) is 28.8 Å². The van der Waals surface area contributed by atoms with Crippen molar-refractivity contribution in [3.8, 4) is 0 Å². The smallest absolute Gasteiger partial charge is 0.238 e. The van der Waals surface area contributed by atoms with Crippen molar-refractivity contribution in [1.82, 2.24) is 15.1 Å². The number of anilines is 1. The summed E-state index contributed by atoms with van der Waals surface area (Å²) in [5.41, 5.74) is 2.01. The van der Waals surface area contributed by atoms with Crippen LogP contribution in [0.3, 0.4) is 0 Å². The van der Waals surface area contributed by atoms with Crippen LogP contribution in [0.15, 0.2) is 42.7 Å². The van der Waals surface area contributed by atoms with Crippen molar-refractivity contribution in [2.45, 2.75) is 19.9 Å². The lowest BCUT2D eigenvalue weighted by molar-refractivity contribution is -0.115. The van der Waals surface area contributed by atoms with Crippen LogP contribution in [-0.2, 0) is 11.3 Å². The fraction of sp³-hybridized carbons (Fsp3) is 0.333. The normalized spacial score (nSPS) is 10.4. The number of carbonyl (C=O) groups excluding carboxylic acids is 1. The molecule has 0 spiro atoms. The zero-order valence-corrected chi connectivity index (χ0v) is 11.7. The number of benzene rings is 1. The van der Waals surface area contributed by atoms with E-state index < -0.39 is 0 Å². The van der Waals surface area contributed by atoms with E-state index >= 15 is 0 Å². The Morgan fingerprint density at radius 1 is 1.30 bits per heavy atom. The molecule has 1 aromatic heterocycles. The first-order valence-electron chi connectivity index (χ1n) is 6.79. The van der Waals surface area contributed by atoms with Gasteiger partial charge in [0.05, 0.1) is 6.54 Å². The molecule has 1 amide bonds. The Labute approximate surface area is 119 Å². The highest BCUT2D eigenvalue weighted by Gasteiger charge is 2.01. The Morgan fingerprint density at radius 2 is 2.10 bits per heavy atom. The molecule has 5 nitrogen and oxygen atoms in total. The number of aromatic nitrogens is 2. The third-order valence-corrected chi connectivity index (χ3v) is 2.92. The van der Waals surface area contributed by atoms with Crippen LogP contribution in [0.5, 0.6) is 0 Å². The second-order valence-electron chi connectivity index (χ2n) is 4.71. The Balaban J connectivity index is 1.59. The van der Waals surface area contributed by atoms with Crippen molar-refractivity contribution < 1.29 is 4.79 Å². The standard InChI is InChI=1S/C15H20N4O/c1-13-4-6-14(7-5-13)18-15(20)12-16-8-2-10-19-11-3-9-17-19/h3-7,9,11,16H,2,8,10,12H2,1H3,(H,18,20). The van der Waals surface area contributed by atoms with Crippen molar-refractivity contribution in [3.05, 3.63) is 48.3 Å². The van der Waals surface area contributed by atoms with Crippen LogP contribution in [0.2, 0.25) is 0 Å². The molecular formula is C15H20N4O. The van der Waals surface area contributed by atoms with Gasteiger partial charge >= 0.3 is 0 Å². The van der Waals surface area contributed by atoms with Gasteiger partial charge < -0.3 is 10.6 Å². The number of hydrogen-bond donors (Lipinski definition) is 2. The monoisotopic (exact) mass is 272 g/mol. The number of amides is 1. The van der Waals surface area contributed by atoms with E-state index in [1.807, 2.05) is 48.1 Å². The number of nitrogens with zero attached hydrogens (tertiary/aromatic N) is 2. The lowest BCUT2D eigenvalue weighted by atomic mass is 10.2. The summed E-state index contributed by atoms with van der Waals surface area (Å²) in [5.74, 6) is -0.0204. The molecule has 1 heterocycles. The maximum Gasteiger partial charge on any atom is 0.238 e. The highest BCUT2D eigenvalue weighted by atomic mass is 16.1. The molecule has 20 heavy (non-hydrogen) atoms. The third kappa shape index (κ3) is 4.85. The largest absolute Gasteiger partial charge is 0.325 e. The zero-order chi connectivity index (χ0) is 14.2. The lowest BCUT2D eigenvalue weighted by Crippen LogP contribution is -2.29. The van der Waals surface area contributed by atoms with Gasteiger partial charge in [-0.15, -0.1) is 0 Å². The van der Waals surface area contributed by atoms with Crippen LogP contribution >= 0.6 is 0 Å². The molecule has 0 fully saturated rings. The van der Waals surface area contributed by atoms with Gasteiger partial charge in [0, 0.05) is 24.6 Å². The molecule has 0 saturated heterocycles. The van der Waals surface area contributed by atoms with Gasteiger partial charge in [0.2, 0.25) is 5.91 Å². The van der Waals surface area contributed by atoms with Crippen molar-refractivity contribution in [1.29, 1.82) is 0 Å². The van der Waals surface area contributed by atoms with Crippen molar-refractivity contribution >= 4 is 11.6 Å². The molecule has 5 heteroatoms. The molecule has 0 bridgehead atoms. The maximum absolute atomic E-state index is 11.7. The molecule has 2 rings (SSSR count). The minimum absolute atomic E-state index is 0.0204. The van der Waals surface area contributed by atoms with E-state index in [9.17, 15) is 4.79 Å². The van der Waals surface area contributed by atoms with Gasteiger partial charge in [-0.1, -0.05) is 17.7 Å². The average Bonchev–Trinajstić information content (AvgIpc) is 2.94. The summed E-state index contributed by atoms with van der Waals surface area (Å²) in [6.45, 7) is 4.00.